The second kappa shape index (κ2) is 7.81. The third-order valence-electron chi connectivity index (χ3n) is 2.35. The Bertz CT molecular complexity index is 319. The third-order valence-corrected chi connectivity index (χ3v) is 3.33. The van der Waals surface area contributed by atoms with E-state index < -0.39 is 0 Å². The fraction of sp³-hybridized carbons (Fsp3) is 0.500. The summed E-state index contributed by atoms with van der Waals surface area (Å²) < 4.78 is 0. The molecule has 0 rings (SSSR count). The molecule has 0 fully saturated rings. The van der Waals surface area contributed by atoms with E-state index in [4.69, 9.17) is 10.9 Å². The number of nitrogens with one attached hydrogen (secondary N) is 4. The van der Waals surface area contributed by atoms with Crippen molar-refractivity contribution in [1.29, 1.82) is 10.9 Å². The summed E-state index contributed by atoms with van der Waals surface area (Å²) in [5, 5.41) is 17.9. The summed E-state index contributed by atoms with van der Waals surface area (Å²) in [7, 11) is 0.757. The van der Waals surface area contributed by atoms with E-state index in [0.29, 0.717) is 6.54 Å². The predicted molar refractivity (Wildman–Crippen MR) is 70.9 cm³/mol. The fourth-order valence-corrected chi connectivity index (χ4v) is 1.29. The summed E-state index contributed by atoms with van der Waals surface area (Å²) in [6.07, 6.45) is 1.35. The molecule has 0 aromatic heterocycles. The molecular formula is C10H21N5Si. The van der Waals surface area contributed by atoms with Gasteiger partial charge in [0.15, 0.2) is 0 Å². The molecule has 0 radical (unpaired) electrons. The number of rotatable bonds is 7. The summed E-state index contributed by atoms with van der Waals surface area (Å²) >= 11 is 0. The van der Waals surface area contributed by atoms with E-state index in [1.807, 2.05) is 20.8 Å². The first-order chi connectivity index (χ1) is 7.56. The van der Waals surface area contributed by atoms with Gasteiger partial charge in [0.05, 0.1) is 15.6 Å². The molecule has 4 N–H and O–H groups in total. The maximum Gasteiger partial charge on any atom is 0.0670 e. The van der Waals surface area contributed by atoms with Crippen molar-refractivity contribution in [2.45, 2.75) is 20.8 Å². The molecule has 0 atom stereocenters. The highest BCUT2D eigenvalue weighted by molar-refractivity contribution is 6.21. The van der Waals surface area contributed by atoms with Gasteiger partial charge in [0, 0.05) is 36.3 Å². The molecule has 5 nitrogen and oxygen atoms in total. The van der Waals surface area contributed by atoms with E-state index in [0.717, 1.165) is 39.1 Å². The molecule has 0 unspecified atom stereocenters. The van der Waals surface area contributed by atoms with Crippen LogP contribution in [0, 0.1) is 10.9 Å². The third kappa shape index (κ3) is 4.88. The molecule has 0 amide bonds. The van der Waals surface area contributed by atoms with Crippen LogP contribution >= 0.6 is 0 Å². The molecule has 0 aromatic carbocycles. The predicted octanol–water partition coefficient (Wildman–Crippen LogP) is 0.694. The van der Waals surface area contributed by atoms with Crippen LogP contribution in [0.25, 0.3) is 0 Å². The quantitative estimate of drug-likeness (QED) is 0.299. The van der Waals surface area contributed by atoms with Crippen molar-refractivity contribution in [3.63, 3.8) is 0 Å². The highest BCUT2D eigenvalue weighted by Crippen LogP contribution is 2.01. The van der Waals surface area contributed by atoms with Gasteiger partial charge in [0.25, 0.3) is 0 Å². The van der Waals surface area contributed by atoms with Crippen molar-refractivity contribution >= 4 is 16.5 Å². The Morgan fingerprint density at radius 3 is 2.38 bits per heavy atom. The Kier molecular flexibility index (Phi) is 7.11. The maximum atomic E-state index is 7.33. The largest absolute Gasteiger partial charge is 0.389 e. The van der Waals surface area contributed by atoms with Crippen LogP contribution in [0.2, 0.25) is 0 Å². The lowest BCUT2D eigenvalue weighted by atomic mass is 10.2. The van der Waals surface area contributed by atoms with Gasteiger partial charge in [-0.1, -0.05) is 0 Å². The first-order valence-electron chi connectivity index (χ1n) is 5.29. The lowest BCUT2D eigenvalue weighted by Gasteiger charge is -2.12. The van der Waals surface area contributed by atoms with E-state index >= 15 is 0 Å². The van der Waals surface area contributed by atoms with Crippen LogP contribution in [0.15, 0.2) is 27.4 Å². The van der Waals surface area contributed by atoms with Gasteiger partial charge in [0.2, 0.25) is 0 Å². The second-order valence-electron chi connectivity index (χ2n) is 3.50. The first kappa shape index (κ1) is 14.6. The first-order valence-corrected chi connectivity index (χ1v) is 6.29. The Hall–Kier alpha value is -1.43. The molecule has 6 heteroatoms. The molecule has 90 valence electrons. The number of allylic oxidation sites excluding steroid dienone is 2. The lowest BCUT2D eigenvalue weighted by Crippen LogP contribution is -2.21. The Morgan fingerprint density at radius 1 is 1.31 bits per heavy atom. The smallest absolute Gasteiger partial charge is 0.0670 e. The van der Waals surface area contributed by atoms with Gasteiger partial charge in [-0.15, -0.1) is 0 Å². The molecule has 0 saturated heterocycles. The van der Waals surface area contributed by atoms with Gasteiger partial charge in [0.1, 0.15) is 0 Å². The van der Waals surface area contributed by atoms with Crippen LogP contribution in [0.5, 0.6) is 0 Å². The lowest BCUT2D eigenvalue weighted by molar-refractivity contribution is 0.812. The van der Waals surface area contributed by atoms with Crippen LogP contribution in [0.3, 0.4) is 0 Å². The molecule has 0 spiro atoms. The van der Waals surface area contributed by atoms with Gasteiger partial charge in [-0.05, 0) is 20.8 Å². The van der Waals surface area contributed by atoms with Gasteiger partial charge in [-0.25, -0.2) is 5.53 Å². The van der Waals surface area contributed by atoms with Crippen LogP contribution in [0.1, 0.15) is 20.8 Å². The van der Waals surface area contributed by atoms with Gasteiger partial charge in [-0.3, -0.25) is 0 Å². The normalized spacial score (nSPS) is 13.7. The zero-order valence-electron chi connectivity index (χ0n) is 10.4. The molecule has 0 aromatic rings. The van der Waals surface area contributed by atoms with E-state index in [-0.39, 0.29) is 0 Å². The van der Waals surface area contributed by atoms with Crippen molar-refractivity contribution in [1.82, 2.24) is 10.6 Å². The highest BCUT2D eigenvalue weighted by atomic mass is 28.1. The molecule has 0 aliphatic rings. The van der Waals surface area contributed by atoms with E-state index in [2.05, 4.69) is 15.7 Å². The Balaban J connectivity index is 4.53. The minimum absolute atomic E-state index is 0.593. The minimum atomic E-state index is 0.593. The standard InChI is InChI=1S/C10H21N5Si/c1-4-13-7(2)9(5-11)6-14-8(3)10(16)15-12/h5,11-14H,4,6H2,1-3,16H3/b9-7+,10-8+,11-5?,15-12?. The Labute approximate surface area is 99.8 Å². The average molecular weight is 239 g/mol. The molecule has 0 aliphatic heterocycles. The second-order valence-corrected chi connectivity index (χ2v) is 4.45. The molecule has 0 bridgehead atoms. The minimum Gasteiger partial charge on any atom is -0.389 e. The molecule has 0 saturated carbocycles. The van der Waals surface area contributed by atoms with Crippen LogP contribution in [-0.2, 0) is 0 Å². The van der Waals surface area contributed by atoms with Crippen LogP contribution in [-0.4, -0.2) is 29.5 Å². The fourth-order valence-electron chi connectivity index (χ4n) is 1.11. The van der Waals surface area contributed by atoms with Crippen molar-refractivity contribution in [2.24, 2.45) is 5.11 Å². The molecular weight excluding hydrogens is 218 g/mol. The summed E-state index contributed by atoms with van der Waals surface area (Å²) in [5.41, 5.74) is 9.76. The van der Waals surface area contributed by atoms with Gasteiger partial charge < -0.3 is 16.0 Å². The van der Waals surface area contributed by atoms with Crippen molar-refractivity contribution in [2.75, 3.05) is 13.1 Å². The van der Waals surface area contributed by atoms with Crippen molar-refractivity contribution in [3.05, 3.63) is 22.3 Å². The van der Waals surface area contributed by atoms with E-state index in [1.54, 1.807) is 0 Å². The summed E-state index contributed by atoms with van der Waals surface area (Å²) in [4.78, 5) is 0. The zero-order chi connectivity index (χ0) is 12.6. The van der Waals surface area contributed by atoms with Gasteiger partial charge in [-0.2, -0.15) is 5.11 Å². The Morgan fingerprint density at radius 2 is 1.94 bits per heavy atom. The maximum absolute atomic E-state index is 7.33. The number of nitrogens with zero attached hydrogens (tertiary/aromatic N) is 1. The van der Waals surface area contributed by atoms with Crippen LogP contribution < -0.4 is 10.6 Å². The summed E-state index contributed by atoms with van der Waals surface area (Å²) in [6, 6.07) is 0. The SMILES string of the molecule is CCN/C(C)=C(\C=N)CN/C(C)=C(/[SiH3])N=N. The van der Waals surface area contributed by atoms with E-state index in [9.17, 15) is 0 Å². The summed E-state index contributed by atoms with van der Waals surface area (Å²) in [5.74, 6) is 0. The monoisotopic (exact) mass is 239 g/mol. The molecule has 0 aliphatic carbocycles. The zero-order valence-corrected chi connectivity index (χ0v) is 12.4. The number of hydrogen-bond donors (Lipinski definition) is 4. The molecule has 16 heavy (non-hydrogen) atoms. The van der Waals surface area contributed by atoms with Crippen molar-refractivity contribution in [3.8, 4) is 0 Å². The highest BCUT2D eigenvalue weighted by Gasteiger charge is 2.00. The average Bonchev–Trinajstić information content (AvgIpc) is 2.28. The van der Waals surface area contributed by atoms with Gasteiger partial charge >= 0.3 is 0 Å². The summed E-state index contributed by atoms with van der Waals surface area (Å²) in [6.45, 7) is 7.34. The van der Waals surface area contributed by atoms with E-state index in [1.165, 1.54) is 6.21 Å². The molecule has 0 heterocycles. The topological polar surface area (TPSA) is 84.1 Å². The number of hydrogen-bond acceptors (Lipinski definition) is 5. The van der Waals surface area contributed by atoms with Crippen LogP contribution in [0.4, 0.5) is 0 Å². The van der Waals surface area contributed by atoms with Crippen molar-refractivity contribution < 1.29 is 0 Å².